The molecule has 1 aliphatic heterocycles. The van der Waals surface area contributed by atoms with Gasteiger partial charge in [-0.05, 0) is 62.2 Å². The van der Waals surface area contributed by atoms with E-state index in [0.29, 0.717) is 13.0 Å². The Bertz CT molecular complexity index is 945. The van der Waals surface area contributed by atoms with Crippen molar-refractivity contribution in [2.24, 2.45) is 0 Å². The van der Waals surface area contributed by atoms with Gasteiger partial charge in [-0.2, -0.15) is 0 Å². The molecule has 1 saturated heterocycles. The van der Waals surface area contributed by atoms with Crippen LogP contribution in [0.4, 0.5) is 0 Å². The van der Waals surface area contributed by atoms with E-state index in [1.807, 2.05) is 36.4 Å². The van der Waals surface area contributed by atoms with Crippen LogP contribution < -0.4 is 10.1 Å². The average molecular weight is 407 g/mol. The Morgan fingerprint density at radius 3 is 2.83 bits per heavy atom. The van der Waals surface area contributed by atoms with Crippen LogP contribution in [0.15, 0.2) is 48.5 Å². The van der Waals surface area contributed by atoms with Crippen LogP contribution in [0.5, 0.6) is 5.75 Å². The van der Waals surface area contributed by atoms with Crippen molar-refractivity contribution in [2.45, 2.75) is 38.1 Å². The number of aromatic amines is 1. The summed E-state index contributed by atoms with van der Waals surface area (Å²) in [5.74, 6) is 1.89. The van der Waals surface area contributed by atoms with Crippen LogP contribution in [0.25, 0.3) is 11.0 Å². The first-order valence-electron chi connectivity index (χ1n) is 10.8. The van der Waals surface area contributed by atoms with Crippen molar-refractivity contribution >= 4 is 16.9 Å². The number of carbonyl (C=O) groups excluding carboxylic acids is 1. The fourth-order valence-corrected chi connectivity index (χ4v) is 4.20. The number of rotatable bonds is 9. The number of benzene rings is 2. The van der Waals surface area contributed by atoms with Gasteiger partial charge in [0.1, 0.15) is 11.6 Å². The maximum atomic E-state index is 12.5. The summed E-state index contributed by atoms with van der Waals surface area (Å²) in [5.41, 5.74) is 3.21. The molecule has 0 bridgehead atoms. The summed E-state index contributed by atoms with van der Waals surface area (Å²) >= 11 is 0. The molecule has 1 atom stereocenters. The first-order chi connectivity index (χ1) is 14.7. The van der Waals surface area contributed by atoms with E-state index in [1.54, 1.807) is 7.11 Å². The molecule has 2 heterocycles. The average Bonchev–Trinajstić information content (AvgIpc) is 3.44. The monoisotopic (exact) mass is 406 g/mol. The molecule has 0 spiro atoms. The molecule has 6 nitrogen and oxygen atoms in total. The van der Waals surface area contributed by atoms with Gasteiger partial charge in [-0.25, -0.2) is 4.98 Å². The summed E-state index contributed by atoms with van der Waals surface area (Å²) < 4.78 is 5.40. The maximum Gasteiger partial charge on any atom is 0.220 e. The molecule has 3 aromatic rings. The lowest BCUT2D eigenvalue weighted by molar-refractivity contribution is -0.121. The van der Waals surface area contributed by atoms with Gasteiger partial charge < -0.3 is 15.0 Å². The SMILES string of the molecule is COc1cccc(C(CNC(=O)CCCc2nc3ccccc3[nH]2)N2CCCC2)c1. The Hall–Kier alpha value is -2.86. The fraction of sp³-hybridized carbons (Fsp3) is 0.417. The van der Waals surface area contributed by atoms with Crippen molar-refractivity contribution in [1.82, 2.24) is 20.2 Å². The summed E-state index contributed by atoms with van der Waals surface area (Å²) in [7, 11) is 1.69. The third kappa shape index (κ3) is 5.00. The van der Waals surface area contributed by atoms with E-state index in [2.05, 4.69) is 32.3 Å². The fourth-order valence-electron chi connectivity index (χ4n) is 4.20. The number of H-pyrrole nitrogens is 1. The highest BCUT2D eigenvalue weighted by Gasteiger charge is 2.24. The van der Waals surface area contributed by atoms with Crippen LogP contribution in [0, 0.1) is 0 Å². The molecule has 0 saturated carbocycles. The number of aromatic nitrogens is 2. The number of nitrogens with zero attached hydrogens (tertiary/aromatic N) is 2. The Kier molecular flexibility index (Phi) is 6.64. The van der Waals surface area contributed by atoms with Crippen molar-refractivity contribution in [1.29, 1.82) is 0 Å². The molecular weight excluding hydrogens is 376 g/mol. The molecule has 0 radical (unpaired) electrons. The Labute approximate surface area is 177 Å². The number of imidazole rings is 1. The number of fused-ring (bicyclic) bond motifs is 1. The lowest BCUT2D eigenvalue weighted by atomic mass is 10.0. The number of nitrogens with one attached hydrogen (secondary N) is 2. The molecule has 2 N–H and O–H groups in total. The van der Waals surface area contributed by atoms with Gasteiger partial charge in [0, 0.05) is 19.4 Å². The van der Waals surface area contributed by atoms with Crippen LogP contribution in [-0.2, 0) is 11.2 Å². The number of amides is 1. The van der Waals surface area contributed by atoms with Gasteiger partial charge in [0.2, 0.25) is 5.91 Å². The van der Waals surface area contributed by atoms with E-state index in [0.717, 1.165) is 48.5 Å². The molecule has 4 rings (SSSR count). The minimum absolute atomic E-state index is 0.0956. The van der Waals surface area contributed by atoms with E-state index in [9.17, 15) is 4.79 Å². The van der Waals surface area contributed by atoms with E-state index < -0.39 is 0 Å². The van der Waals surface area contributed by atoms with Crippen LogP contribution in [-0.4, -0.2) is 47.5 Å². The summed E-state index contributed by atoms with van der Waals surface area (Å²) in [6.07, 6.45) is 4.48. The zero-order chi connectivity index (χ0) is 20.8. The summed E-state index contributed by atoms with van der Waals surface area (Å²) in [4.78, 5) is 22.9. The quantitative estimate of drug-likeness (QED) is 0.566. The number of carbonyl (C=O) groups is 1. The molecule has 6 heteroatoms. The standard InChI is InChI=1S/C24H30N4O2/c1-30-19-9-6-8-18(16-19)22(28-14-4-5-15-28)17-25-24(29)13-7-12-23-26-20-10-2-3-11-21(20)27-23/h2-3,6,8-11,16,22H,4-5,7,12-15,17H2,1H3,(H,25,29)(H,26,27). The number of hydrogen-bond acceptors (Lipinski definition) is 4. The Balaban J connectivity index is 1.30. The highest BCUT2D eigenvalue weighted by atomic mass is 16.5. The molecule has 0 aliphatic carbocycles. The normalized spacial score (nSPS) is 15.4. The second kappa shape index (κ2) is 9.76. The van der Waals surface area contributed by atoms with Crippen molar-refractivity contribution in [3.63, 3.8) is 0 Å². The molecule has 158 valence electrons. The van der Waals surface area contributed by atoms with Crippen LogP contribution in [0.3, 0.4) is 0 Å². The highest BCUT2D eigenvalue weighted by molar-refractivity contribution is 5.76. The predicted octanol–water partition coefficient (Wildman–Crippen LogP) is 3.85. The number of likely N-dealkylation sites (tertiary alicyclic amines) is 1. The third-order valence-electron chi connectivity index (χ3n) is 5.81. The summed E-state index contributed by atoms with van der Waals surface area (Å²) in [5, 5.41) is 3.16. The largest absolute Gasteiger partial charge is 0.497 e. The van der Waals surface area contributed by atoms with E-state index in [4.69, 9.17) is 4.74 Å². The van der Waals surface area contributed by atoms with Crippen LogP contribution >= 0.6 is 0 Å². The van der Waals surface area contributed by atoms with Gasteiger partial charge in [0.05, 0.1) is 24.2 Å². The zero-order valence-corrected chi connectivity index (χ0v) is 17.6. The second-order valence-electron chi connectivity index (χ2n) is 7.89. The van der Waals surface area contributed by atoms with E-state index >= 15 is 0 Å². The first-order valence-corrected chi connectivity index (χ1v) is 10.8. The molecule has 1 amide bonds. The molecule has 1 aromatic heterocycles. The lowest BCUT2D eigenvalue weighted by Crippen LogP contribution is -2.36. The van der Waals surface area contributed by atoms with Crippen molar-refractivity contribution in [3.05, 3.63) is 59.9 Å². The minimum Gasteiger partial charge on any atom is -0.497 e. The van der Waals surface area contributed by atoms with Gasteiger partial charge in [-0.15, -0.1) is 0 Å². The van der Waals surface area contributed by atoms with Crippen molar-refractivity contribution in [3.8, 4) is 5.75 Å². The van der Waals surface area contributed by atoms with E-state index in [1.165, 1.54) is 18.4 Å². The Morgan fingerprint density at radius 2 is 2.03 bits per heavy atom. The minimum atomic E-state index is 0.0956. The molecular formula is C24H30N4O2. The second-order valence-corrected chi connectivity index (χ2v) is 7.89. The third-order valence-corrected chi connectivity index (χ3v) is 5.81. The number of aryl methyl sites for hydroxylation is 1. The number of ether oxygens (including phenoxy) is 1. The molecule has 1 unspecified atom stereocenters. The number of hydrogen-bond donors (Lipinski definition) is 2. The van der Waals surface area contributed by atoms with Gasteiger partial charge in [-0.3, -0.25) is 9.69 Å². The Morgan fingerprint density at radius 1 is 1.20 bits per heavy atom. The van der Waals surface area contributed by atoms with Crippen molar-refractivity contribution in [2.75, 3.05) is 26.7 Å². The topological polar surface area (TPSA) is 70.2 Å². The predicted molar refractivity (Wildman–Crippen MR) is 119 cm³/mol. The van der Waals surface area contributed by atoms with Gasteiger partial charge >= 0.3 is 0 Å². The maximum absolute atomic E-state index is 12.5. The summed E-state index contributed by atoms with van der Waals surface area (Å²) in [6.45, 7) is 2.77. The molecule has 30 heavy (non-hydrogen) atoms. The number of methoxy groups -OCH3 is 1. The van der Waals surface area contributed by atoms with E-state index in [-0.39, 0.29) is 11.9 Å². The summed E-state index contributed by atoms with van der Waals surface area (Å²) in [6, 6.07) is 16.4. The smallest absolute Gasteiger partial charge is 0.220 e. The molecule has 2 aromatic carbocycles. The van der Waals surface area contributed by atoms with Gasteiger partial charge in [-0.1, -0.05) is 24.3 Å². The highest BCUT2D eigenvalue weighted by Crippen LogP contribution is 2.27. The molecule has 1 fully saturated rings. The first kappa shape index (κ1) is 20.4. The van der Waals surface area contributed by atoms with Gasteiger partial charge in [0.25, 0.3) is 0 Å². The van der Waals surface area contributed by atoms with Crippen LogP contribution in [0.1, 0.15) is 43.1 Å². The van der Waals surface area contributed by atoms with Crippen molar-refractivity contribution < 1.29 is 9.53 Å². The number of para-hydroxylation sites is 2. The molecule has 1 aliphatic rings. The zero-order valence-electron chi connectivity index (χ0n) is 17.6. The van der Waals surface area contributed by atoms with Crippen LogP contribution in [0.2, 0.25) is 0 Å². The van der Waals surface area contributed by atoms with Gasteiger partial charge in [0.15, 0.2) is 0 Å². The lowest BCUT2D eigenvalue weighted by Gasteiger charge is -2.28.